The number of hydrogen-bond acceptors (Lipinski definition) is 3. The maximum absolute atomic E-state index is 6.21. The minimum Gasteiger partial charge on any atom is -0.379 e. The Bertz CT molecular complexity index is 167. The van der Waals surface area contributed by atoms with Gasteiger partial charge in [0.05, 0.1) is 18.5 Å². The molecule has 2 N–H and O–H groups in total. The third-order valence-corrected chi connectivity index (χ3v) is 4.71. The van der Waals surface area contributed by atoms with Gasteiger partial charge in [-0.2, -0.15) is 11.8 Å². The van der Waals surface area contributed by atoms with Gasteiger partial charge < -0.3 is 10.5 Å². The molecule has 1 saturated carbocycles. The molecule has 0 bridgehead atoms. The summed E-state index contributed by atoms with van der Waals surface area (Å²) in [5.74, 6) is 1.94. The topological polar surface area (TPSA) is 35.2 Å². The average Bonchev–Trinajstić information content (AvgIpc) is 2.16. The van der Waals surface area contributed by atoms with Crippen LogP contribution in [0.4, 0.5) is 0 Å². The molecule has 82 valence electrons. The highest BCUT2D eigenvalue weighted by atomic mass is 32.2. The summed E-state index contributed by atoms with van der Waals surface area (Å²) < 4.78 is 5.15. The highest BCUT2D eigenvalue weighted by Crippen LogP contribution is 2.28. The van der Waals surface area contributed by atoms with Crippen LogP contribution in [0.25, 0.3) is 0 Å². The SMILES string of the molecule is NC(CSC1COC1)C1CCCCC1. The van der Waals surface area contributed by atoms with E-state index >= 15 is 0 Å². The normalized spacial score (nSPS) is 27.2. The van der Waals surface area contributed by atoms with Crippen molar-refractivity contribution in [3.63, 3.8) is 0 Å². The molecule has 2 aliphatic rings. The number of rotatable bonds is 4. The fraction of sp³-hybridized carbons (Fsp3) is 1.00. The van der Waals surface area contributed by atoms with E-state index in [1.807, 2.05) is 11.8 Å². The maximum atomic E-state index is 6.21. The van der Waals surface area contributed by atoms with E-state index in [2.05, 4.69) is 0 Å². The van der Waals surface area contributed by atoms with Crippen LogP contribution in [-0.4, -0.2) is 30.3 Å². The molecule has 0 spiro atoms. The van der Waals surface area contributed by atoms with Gasteiger partial charge in [0.15, 0.2) is 0 Å². The Kier molecular flexibility index (Phi) is 4.14. The van der Waals surface area contributed by atoms with Crippen LogP contribution < -0.4 is 5.73 Å². The van der Waals surface area contributed by atoms with Gasteiger partial charge in [-0.05, 0) is 18.8 Å². The van der Waals surface area contributed by atoms with Crippen LogP contribution in [0.1, 0.15) is 32.1 Å². The summed E-state index contributed by atoms with van der Waals surface area (Å²) in [4.78, 5) is 0. The lowest BCUT2D eigenvalue weighted by Gasteiger charge is -2.30. The molecule has 2 fully saturated rings. The largest absolute Gasteiger partial charge is 0.379 e. The van der Waals surface area contributed by atoms with Crippen molar-refractivity contribution in [2.45, 2.75) is 43.4 Å². The minimum absolute atomic E-state index is 0.431. The van der Waals surface area contributed by atoms with E-state index < -0.39 is 0 Å². The van der Waals surface area contributed by atoms with Gasteiger partial charge in [0.1, 0.15) is 0 Å². The molecule has 2 rings (SSSR count). The number of thioether (sulfide) groups is 1. The van der Waals surface area contributed by atoms with Crippen molar-refractivity contribution < 1.29 is 4.74 Å². The quantitative estimate of drug-likeness (QED) is 0.779. The third-order valence-electron chi connectivity index (χ3n) is 3.39. The molecular weight excluding hydrogens is 194 g/mol. The fourth-order valence-corrected chi connectivity index (χ4v) is 3.41. The minimum atomic E-state index is 0.431. The van der Waals surface area contributed by atoms with Crippen LogP contribution in [0.5, 0.6) is 0 Å². The number of nitrogens with two attached hydrogens (primary N) is 1. The predicted molar refractivity (Wildman–Crippen MR) is 61.6 cm³/mol. The summed E-state index contributed by atoms with van der Waals surface area (Å²) in [7, 11) is 0. The molecule has 0 amide bonds. The molecule has 1 atom stereocenters. The van der Waals surface area contributed by atoms with Crippen molar-refractivity contribution in [3.8, 4) is 0 Å². The molecular formula is C11H21NOS. The van der Waals surface area contributed by atoms with Crippen molar-refractivity contribution in [1.29, 1.82) is 0 Å². The lowest BCUT2D eigenvalue weighted by molar-refractivity contribution is 0.0454. The highest BCUT2D eigenvalue weighted by Gasteiger charge is 2.24. The van der Waals surface area contributed by atoms with E-state index in [1.54, 1.807) is 0 Å². The van der Waals surface area contributed by atoms with Gasteiger partial charge in [0, 0.05) is 11.8 Å². The summed E-state index contributed by atoms with van der Waals surface area (Å²) in [5, 5.41) is 0.740. The first kappa shape index (κ1) is 10.8. The smallest absolute Gasteiger partial charge is 0.0607 e. The Labute approximate surface area is 91.0 Å². The molecule has 3 heteroatoms. The van der Waals surface area contributed by atoms with Crippen LogP contribution in [-0.2, 0) is 4.74 Å². The first-order valence-electron chi connectivity index (χ1n) is 5.81. The van der Waals surface area contributed by atoms with E-state index in [1.165, 1.54) is 32.1 Å². The van der Waals surface area contributed by atoms with Crippen LogP contribution in [0.3, 0.4) is 0 Å². The molecule has 0 aromatic rings. The zero-order valence-corrected chi connectivity index (χ0v) is 9.60. The molecule has 14 heavy (non-hydrogen) atoms. The second kappa shape index (κ2) is 5.38. The molecule has 1 aliphatic heterocycles. The third kappa shape index (κ3) is 2.88. The number of ether oxygens (including phenoxy) is 1. The predicted octanol–water partition coefficient (Wildman–Crippen LogP) is 2.03. The first-order chi connectivity index (χ1) is 6.86. The Morgan fingerprint density at radius 3 is 2.50 bits per heavy atom. The molecule has 1 heterocycles. The lowest BCUT2D eigenvalue weighted by Crippen LogP contribution is -2.37. The van der Waals surface area contributed by atoms with Gasteiger partial charge >= 0.3 is 0 Å². The van der Waals surface area contributed by atoms with Crippen molar-refractivity contribution in [2.75, 3.05) is 19.0 Å². The van der Waals surface area contributed by atoms with Crippen LogP contribution in [0, 0.1) is 5.92 Å². The van der Waals surface area contributed by atoms with Crippen LogP contribution in [0.15, 0.2) is 0 Å². The first-order valence-corrected chi connectivity index (χ1v) is 6.86. The van der Waals surface area contributed by atoms with E-state index in [0.717, 1.165) is 30.1 Å². The average molecular weight is 215 g/mol. The van der Waals surface area contributed by atoms with Gasteiger partial charge in [0.2, 0.25) is 0 Å². The zero-order chi connectivity index (χ0) is 9.80. The molecule has 1 saturated heterocycles. The van der Waals surface area contributed by atoms with Gasteiger partial charge in [-0.3, -0.25) is 0 Å². The maximum Gasteiger partial charge on any atom is 0.0607 e. The summed E-state index contributed by atoms with van der Waals surface area (Å²) >= 11 is 2.01. The summed E-state index contributed by atoms with van der Waals surface area (Å²) in [6.45, 7) is 1.89. The second-order valence-corrected chi connectivity index (χ2v) is 5.89. The van der Waals surface area contributed by atoms with Crippen LogP contribution in [0.2, 0.25) is 0 Å². The fourth-order valence-electron chi connectivity index (χ4n) is 2.26. The number of hydrogen-bond donors (Lipinski definition) is 1. The van der Waals surface area contributed by atoms with Crippen molar-refractivity contribution in [3.05, 3.63) is 0 Å². The summed E-state index contributed by atoms with van der Waals surface area (Å²) in [6.07, 6.45) is 6.95. The van der Waals surface area contributed by atoms with Gasteiger partial charge in [-0.15, -0.1) is 0 Å². The van der Waals surface area contributed by atoms with Gasteiger partial charge in [-0.25, -0.2) is 0 Å². The second-order valence-electron chi connectivity index (χ2n) is 4.55. The van der Waals surface area contributed by atoms with E-state index in [-0.39, 0.29) is 0 Å². The van der Waals surface area contributed by atoms with E-state index in [9.17, 15) is 0 Å². The molecule has 0 aromatic heterocycles. The summed E-state index contributed by atoms with van der Waals surface area (Å²) in [6, 6.07) is 0.431. The Hall–Kier alpha value is 0.270. The molecule has 2 nitrogen and oxygen atoms in total. The Morgan fingerprint density at radius 2 is 1.93 bits per heavy atom. The van der Waals surface area contributed by atoms with E-state index in [0.29, 0.717) is 6.04 Å². The lowest BCUT2D eigenvalue weighted by atomic mass is 9.85. The zero-order valence-electron chi connectivity index (χ0n) is 8.78. The molecule has 1 unspecified atom stereocenters. The monoisotopic (exact) mass is 215 g/mol. The Balaban J connectivity index is 1.62. The standard InChI is InChI=1S/C11H21NOS/c12-11(8-14-10-6-13-7-10)9-4-2-1-3-5-9/h9-11H,1-8,12H2. The molecule has 1 aliphatic carbocycles. The van der Waals surface area contributed by atoms with Crippen molar-refractivity contribution in [1.82, 2.24) is 0 Å². The van der Waals surface area contributed by atoms with Crippen LogP contribution >= 0.6 is 11.8 Å². The van der Waals surface area contributed by atoms with Gasteiger partial charge in [-0.1, -0.05) is 19.3 Å². The molecule has 0 radical (unpaired) electrons. The Morgan fingerprint density at radius 1 is 1.21 bits per heavy atom. The molecule has 0 aromatic carbocycles. The van der Waals surface area contributed by atoms with Crippen molar-refractivity contribution in [2.24, 2.45) is 11.7 Å². The van der Waals surface area contributed by atoms with Crippen molar-refractivity contribution >= 4 is 11.8 Å². The summed E-state index contributed by atoms with van der Waals surface area (Å²) in [5.41, 5.74) is 6.21. The van der Waals surface area contributed by atoms with E-state index in [4.69, 9.17) is 10.5 Å². The highest BCUT2D eigenvalue weighted by molar-refractivity contribution is 8.00. The van der Waals surface area contributed by atoms with Gasteiger partial charge in [0.25, 0.3) is 0 Å².